The molecular weight excluding hydrogens is 194 g/mol. The number of carbonyl (C=O) groups excluding carboxylic acids is 1. The van der Waals surface area contributed by atoms with Gasteiger partial charge in [-0.1, -0.05) is 13.3 Å². The van der Waals surface area contributed by atoms with Crippen LogP contribution in [0.25, 0.3) is 5.52 Å². The molecule has 1 N–H and O–H groups in total. The van der Waals surface area contributed by atoms with E-state index in [4.69, 9.17) is 0 Å². The molecule has 2 rings (SSSR count). The van der Waals surface area contributed by atoms with Crippen LogP contribution in [0.1, 0.15) is 29.4 Å². The Morgan fingerprint density at radius 1 is 1.60 bits per heavy atom. The summed E-state index contributed by atoms with van der Waals surface area (Å²) >= 11 is 0. The number of carbonyl (C=O) groups is 1. The van der Waals surface area contributed by atoms with E-state index in [0.717, 1.165) is 24.8 Å². The van der Waals surface area contributed by atoms with E-state index in [2.05, 4.69) is 10.1 Å². The van der Waals surface area contributed by atoms with Crippen molar-refractivity contribution in [2.24, 2.45) is 0 Å². The molecule has 78 valence electrons. The third kappa shape index (κ3) is 1.45. The number of aryl methyl sites for hydroxylation is 1. The smallest absolute Gasteiger partial charge is 0.275 e. The van der Waals surface area contributed by atoms with Crippen LogP contribution in [0.5, 0.6) is 0 Å². The quantitative estimate of drug-likeness (QED) is 0.753. The van der Waals surface area contributed by atoms with Crippen molar-refractivity contribution in [3.8, 4) is 0 Å². The predicted octanol–water partition coefficient (Wildman–Crippen LogP) is 0.788. The minimum absolute atomic E-state index is 0.226. The molecule has 2 aromatic heterocycles. The number of nitrogens with one attached hydrogen (secondary N) is 1. The van der Waals surface area contributed by atoms with Crippen LogP contribution in [0, 0.1) is 0 Å². The van der Waals surface area contributed by atoms with Gasteiger partial charge in [0.2, 0.25) is 0 Å². The lowest BCUT2D eigenvalue weighted by molar-refractivity contribution is 0.112. The maximum absolute atomic E-state index is 11.4. The molecule has 0 radical (unpaired) electrons. The number of nitrogens with zero attached hydrogens (tertiary/aromatic N) is 2. The topological polar surface area (TPSA) is 67.2 Å². The highest BCUT2D eigenvalue weighted by atomic mass is 16.1. The van der Waals surface area contributed by atoms with Crippen LogP contribution in [0.3, 0.4) is 0 Å². The van der Waals surface area contributed by atoms with Gasteiger partial charge in [0.1, 0.15) is 11.8 Å². The van der Waals surface area contributed by atoms with Crippen molar-refractivity contribution in [1.29, 1.82) is 0 Å². The zero-order chi connectivity index (χ0) is 10.8. The van der Waals surface area contributed by atoms with E-state index < -0.39 is 0 Å². The third-order valence-electron chi connectivity index (χ3n) is 2.32. The Balaban J connectivity index is 2.80. The lowest BCUT2D eigenvalue weighted by Crippen LogP contribution is -2.11. The summed E-state index contributed by atoms with van der Waals surface area (Å²) < 4.78 is 1.53. The van der Waals surface area contributed by atoms with E-state index >= 15 is 0 Å². The Labute approximate surface area is 85.7 Å². The van der Waals surface area contributed by atoms with Gasteiger partial charge in [0.25, 0.3) is 5.56 Å². The normalized spacial score (nSPS) is 10.7. The molecule has 5 nitrogen and oxygen atoms in total. The van der Waals surface area contributed by atoms with Crippen LogP contribution < -0.4 is 5.56 Å². The van der Waals surface area contributed by atoms with Crippen LogP contribution in [0.4, 0.5) is 0 Å². The summed E-state index contributed by atoms with van der Waals surface area (Å²) in [5.41, 5.74) is 1.54. The van der Waals surface area contributed by atoms with E-state index in [1.165, 1.54) is 10.8 Å². The molecule has 2 aromatic rings. The summed E-state index contributed by atoms with van der Waals surface area (Å²) in [4.78, 5) is 24.7. The summed E-state index contributed by atoms with van der Waals surface area (Å²) in [5.74, 6) is 0. The fourth-order valence-corrected chi connectivity index (χ4v) is 1.66. The first-order valence-electron chi connectivity index (χ1n) is 4.81. The first-order chi connectivity index (χ1) is 7.27. The van der Waals surface area contributed by atoms with E-state index in [9.17, 15) is 9.59 Å². The highest BCUT2D eigenvalue weighted by Gasteiger charge is 2.11. The minimum atomic E-state index is -0.226. The Kier molecular flexibility index (Phi) is 2.37. The number of fused-ring (bicyclic) bond motifs is 1. The highest BCUT2D eigenvalue weighted by molar-refractivity contribution is 5.80. The number of hydrogen-bond donors (Lipinski definition) is 1. The van der Waals surface area contributed by atoms with Crippen LogP contribution in [0.2, 0.25) is 0 Å². The van der Waals surface area contributed by atoms with Gasteiger partial charge < -0.3 is 4.98 Å². The molecule has 0 aliphatic rings. The third-order valence-corrected chi connectivity index (χ3v) is 2.32. The summed E-state index contributed by atoms with van der Waals surface area (Å²) in [6.45, 7) is 2.02. The summed E-state index contributed by atoms with van der Waals surface area (Å²) in [7, 11) is 0. The Hall–Kier alpha value is -1.91. The number of aromatic nitrogens is 3. The van der Waals surface area contributed by atoms with Gasteiger partial charge in [-0.05, 0) is 12.5 Å². The number of aldehydes is 1. The first kappa shape index (κ1) is 9.64. The molecule has 0 unspecified atom stereocenters. The van der Waals surface area contributed by atoms with Crippen LogP contribution >= 0.6 is 0 Å². The molecule has 0 amide bonds. The van der Waals surface area contributed by atoms with Gasteiger partial charge in [0, 0.05) is 5.56 Å². The van der Waals surface area contributed by atoms with Crippen molar-refractivity contribution in [1.82, 2.24) is 14.6 Å². The number of H-pyrrole nitrogens is 1. The predicted molar refractivity (Wildman–Crippen MR) is 55.2 cm³/mol. The molecule has 0 atom stereocenters. The Morgan fingerprint density at radius 2 is 2.40 bits per heavy atom. The Bertz CT molecular complexity index is 553. The zero-order valence-electron chi connectivity index (χ0n) is 8.36. The molecule has 0 fully saturated rings. The van der Waals surface area contributed by atoms with Gasteiger partial charge in [0.05, 0.1) is 5.69 Å². The number of aromatic amines is 1. The van der Waals surface area contributed by atoms with Crippen LogP contribution in [0.15, 0.2) is 17.2 Å². The molecule has 0 bridgehead atoms. The van der Waals surface area contributed by atoms with E-state index in [1.807, 2.05) is 6.92 Å². The van der Waals surface area contributed by atoms with Gasteiger partial charge >= 0.3 is 0 Å². The fourth-order valence-electron chi connectivity index (χ4n) is 1.66. The second kappa shape index (κ2) is 3.68. The molecule has 5 heteroatoms. The number of rotatable bonds is 3. The number of hydrogen-bond acceptors (Lipinski definition) is 3. The largest absolute Gasteiger partial charge is 0.310 e. The second-order valence-electron chi connectivity index (χ2n) is 3.33. The van der Waals surface area contributed by atoms with Gasteiger partial charge in [-0.25, -0.2) is 4.52 Å². The van der Waals surface area contributed by atoms with E-state index in [-0.39, 0.29) is 5.56 Å². The van der Waals surface area contributed by atoms with Gasteiger partial charge in [-0.2, -0.15) is 5.10 Å². The molecule has 15 heavy (non-hydrogen) atoms. The van der Waals surface area contributed by atoms with Crippen molar-refractivity contribution < 1.29 is 4.79 Å². The van der Waals surface area contributed by atoms with Crippen molar-refractivity contribution >= 4 is 11.8 Å². The highest BCUT2D eigenvalue weighted by Crippen LogP contribution is 2.12. The SMILES string of the molecule is CCCc1c(C=O)cc2c(=O)[nH]cnn12. The second-order valence-corrected chi connectivity index (χ2v) is 3.33. The summed E-state index contributed by atoms with van der Waals surface area (Å²) in [5, 5.41) is 4.03. The van der Waals surface area contributed by atoms with Gasteiger partial charge in [0.15, 0.2) is 6.29 Å². The average Bonchev–Trinajstić information content (AvgIpc) is 2.59. The molecule has 0 aliphatic heterocycles. The molecule has 0 aliphatic carbocycles. The van der Waals surface area contributed by atoms with Crippen molar-refractivity contribution in [3.05, 3.63) is 34.0 Å². The zero-order valence-corrected chi connectivity index (χ0v) is 8.36. The standard InChI is InChI=1S/C10H11N3O2/c1-2-3-8-7(5-14)4-9-10(15)11-6-12-13(8)9/h4-6H,2-3H2,1H3,(H,11,12,15). The summed E-state index contributed by atoms with van der Waals surface area (Å²) in [6.07, 6.45) is 3.74. The molecule has 0 saturated heterocycles. The van der Waals surface area contributed by atoms with Crippen molar-refractivity contribution in [3.63, 3.8) is 0 Å². The average molecular weight is 205 g/mol. The first-order valence-corrected chi connectivity index (χ1v) is 4.81. The molecule has 0 saturated carbocycles. The minimum Gasteiger partial charge on any atom is -0.310 e. The van der Waals surface area contributed by atoms with Crippen molar-refractivity contribution in [2.45, 2.75) is 19.8 Å². The van der Waals surface area contributed by atoms with Gasteiger partial charge in [-0.3, -0.25) is 9.59 Å². The fraction of sp³-hybridized carbons (Fsp3) is 0.300. The summed E-state index contributed by atoms with van der Waals surface area (Å²) in [6, 6.07) is 1.57. The van der Waals surface area contributed by atoms with Crippen molar-refractivity contribution in [2.75, 3.05) is 0 Å². The van der Waals surface area contributed by atoms with Crippen LogP contribution in [-0.2, 0) is 6.42 Å². The molecule has 0 aromatic carbocycles. The maximum atomic E-state index is 11.4. The lowest BCUT2D eigenvalue weighted by atomic mass is 10.2. The van der Waals surface area contributed by atoms with Crippen LogP contribution in [-0.4, -0.2) is 20.9 Å². The monoisotopic (exact) mass is 205 g/mol. The lowest BCUT2D eigenvalue weighted by Gasteiger charge is -1.99. The van der Waals surface area contributed by atoms with Gasteiger partial charge in [-0.15, -0.1) is 0 Å². The molecule has 2 heterocycles. The molecular formula is C10H11N3O2. The van der Waals surface area contributed by atoms with E-state index in [0.29, 0.717) is 11.1 Å². The molecule has 0 spiro atoms. The Morgan fingerprint density at radius 3 is 3.07 bits per heavy atom. The maximum Gasteiger partial charge on any atom is 0.275 e. The van der Waals surface area contributed by atoms with E-state index in [1.54, 1.807) is 6.07 Å².